The molecule has 0 unspecified atom stereocenters. The summed E-state index contributed by atoms with van der Waals surface area (Å²) < 4.78 is 5.39. The van der Waals surface area contributed by atoms with E-state index in [4.69, 9.17) is 4.74 Å². The van der Waals surface area contributed by atoms with Crippen LogP contribution in [0.5, 0.6) is 5.75 Å². The van der Waals surface area contributed by atoms with Crippen LogP contribution in [0, 0.1) is 0 Å². The highest BCUT2D eigenvalue weighted by Gasteiger charge is 2.12. The molecule has 1 saturated heterocycles. The van der Waals surface area contributed by atoms with Gasteiger partial charge in [0.2, 0.25) is 5.91 Å². The zero-order chi connectivity index (χ0) is 20.1. The number of carbonyl (C=O) groups is 1. The highest BCUT2D eigenvalue weighted by atomic mass is 32.1. The van der Waals surface area contributed by atoms with Gasteiger partial charge >= 0.3 is 0 Å². The number of phenols is 1. The molecular weight excluding hydrogens is 386 g/mol. The number of carbonyl (C=O) groups excluding carboxylic acids is 1. The third-order valence-corrected chi connectivity index (χ3v) is 5.70. The molecule has 1 aromatic heterocycles. The Morgan fingerprint density at radius 3 is 2.55 bits per heavy atom. The normalized spacial score (nSPS) is 14.6. The molecule has 1 fully saturated rings. The second kappa shape index (κ2) is 9.17. The fraction of sp³-hybridized carbons (Fsp3) is 0.273. The van der Waals surface area contributed by atoms with Gasteiger partial charge in [-0.1, -0.05) is 24.3 Å². The summed E-state index contributed by atoms with van der Waals surface area (Å²) >= 11 is 1.54. The Morgan fingerprint density at radius 1 is 1.10 bits per heavy atom. The molecule has 0 aliphatic carbocycles. The number of phenolic OH excluding ortho intramolecular Hbond substituents is 1. The quantitative estimate of drug-likeness (QED) is 0.609. The van der Waals surface area contributed by atoms with E-state index >= 15 is 0 Å². The molecule has 1 aliphatic rings. The minimum atomic E-state index is -0.131. The second-order valence-corrected chi connectivity index (χ2v) is 7.86. The van der Waals surface area contributed by atoms with Crippen LogP contribution in [0.3, 0.4) is 0 Å². The summed E-state index contributed by atoms with van der Waals surface area (Å²) in [6, 6.07) is 14.9. The van der Waals surface area contributed by atoms with Gasteiger partial charge in [0.25, 0.3) is 0 Å². The van der Waals surface area contributed by atoms with Crippen molar-refractivity contribution in [3.63, 3.8) is 0 Å². The Bertz CT molecular complexity index is 948. The topological polar surface area (TPSA) is 74.7 Å². The minimum absolute atomic E-state index is 0.131. The van der Waals surface area contributed by atoms with Crippen molar-refractivity contribution >= 4 is 22.9 Å². The lowest BCUT2D eigenvalue weighted by atomic mass is 10.1. The van der Waals surface area contributed by atoms with E-state index in [2.05, 4.69) is 39.5 Å². The maximum atomic E-state index is 12.2. The number of ether oxygens (including phenoxy) is 1. The van der Waals surface area contributed by atoms with Crippen LogP contribution in [-0.4, -0.2) is 47.2 Å². The lowest BCUT2D eigenvalue weighted by molar-refractivity contribution is -0.115. The van der Waals surface area contributed by atoms with Crippen molar-refractivity contribution in [3.05, 3.63) is 65.2 Å². The van der Waals surface area contributed by atoms with Gasteiger partial charge in [0.1, 0.15) is 10.8 Å². The molecule has 0 radical (unpaired) electrons. The molecule has 0 spiro atoms. The highest BCUT2D eigenvalue weighted by molar-refractivity contribution is 7.13. The Balaban J connectivity index is 1.34. The molecule has 0 bridgehead atoms. The summed E-state index contributed by atoms with van der Waals surface area (Å²) in [4.78, 5) is 19.2. The molecule has 2 aromatic carbocycles. The lowest BCUT2D eigenvalue weighted by Gasteiger charge is -2.26. The van der Waals surface area contributed by atoms with Crippen molar-refractivity contribution in [2.45, 2.75) is 13.0 Å². The average molecular weight is 410 g/mol. The molecule has 7 heteroatoms. The van der Waals surface area contributed by atoms with Gasteiger partial charge in [-0.3, -0.25) is 9.69 Å². The van der Waals surface area contributed by atoms with E-state index in [1.807, 2.05) is 5.38 Å². The number of benzene rings is 2. The van der Waals surface area contributed by atoms with Crippen molar-refractivity contribution in [2.75, 3.05) is 31.6 Å². The number of aromatic hydroxyl groups is 1. The molecule has 29 heavy (non-hydrogen) atoms. The van der Waals surface area contributed by atoms with Gasteiger partial charge in [0.05, 0.1) is 25.3 Å². The SMILES string of the molecule is O=C(Cc1csc(-c2ccc(CN3CCOCC3)cc2)n1)Nc1ccc(O)cc1. The van der Waals surface area contributed by atoms with Gasteiger partial charge in [-0.25, -0.2) is 4.98 Å². The van der Waals surface area contributed by atoms with Crippen LogP contribution >= 0.6 is 11.3 Å². The number of nitrogens with one attached hydrogen (secondary N) is 1. The largest absolute Gasteiger partial charge is 0.508 e. The van der Waals surface area contributed by atoms with E-state index in [0.29, 0.717) is 5.69 Å². The van der Waals surface area contributed by atoms with Gasteiger partial charge in [-0.2, -0.15) is 0 Å². The Labute approximate surface area is 173 Å². The third kappa shape index (κ3) is 5.41. The smallest absolute Gasteiger partial charge is 0.230 e. The maximum absolute atomic E-state index is 12.2. The molecule has 6 nitrogen and oxygen atoms in total. The first kappa shape index (κ1) is 19.6. The van der Waals surface area contributed by atoms with Crippen LogP contribution < -0.4 is 5.32 Å². The van der Waals surface area contributed by atoms with Gasteiger partial charge in [-0.05, 0) is 29.8 Å². The van der Waals surface area contributed by atoms with Gasteiger partial charge in [0, 0.05) is 36.3 Å². The van der Waals surface area contributed by atoms with Crippen LogP contribution in [0.1, 0.15) is 11.3 Å². The number of nitrogens with zero attached hydrogens (tertiary/aromatic N) is 2. The predicted octanol–water partition coefficient (Wildman–Crippen LogP) is 3.53. The van der Waals surface area contributed by atoms with Crippen molar-refractivity contribution < 1.29 is 14.6 Å². The van der Waals surface area contributed by atoms with Gasteiger partial charge < -0.3 is 15.2 Å². The number of rotatable bonds is 6. The van der Waals surface area contributed by atoms with Gasteiger partial charge in [-0.15, -0.1) is 11.3 Å². The number of aromatic nitrogens is 1. The Hall–Kier alpha value is -2.74. The fourth-order valence-electron chi connectivity index (χ4n) is 3.21. The summed E-state index contributed by atoms with van der Waals surface area (Å²) in [6.07, 6.45) is 0.215. The molecule has 4 rings (SSSR count). The minimum Gasteiger partial charge on any atom is -0.508 e. The number of amides is 1. The van der Waals surface area contributed by atoms with Crippen molar-refractivity contribution in [1.82, 2.24) is 9.88 Å². The molecule has 3 aromatic rings. The first-order valence-electron chi connectivity index (χ1n) is 9.58. The zero-order valence-corrected chi connectivity index (χ0v) is 16.8. The van der Waals surface area contributed by atoms with E-state index in [-0.39, 0.29) is 18.1 Å². The number of morpholine rings is 1. The number of hydrogen-bond donors (Lipinski definition) is 2. The van der Waals surface area contributed by atoms with Crippen molar-refractivity contribution in [1.29, 1.82) is 0 Å². The monoisotopic (exact) mass is 409 g/mol. The van der Waals surface area contributed by atoms with E-state index in [0.717, 1.165) is 49.1 Å². The first-order chi connectivity index (χ1) is 14.2. The average Bonchev–Trinajstić information content (AvgIpc) is 3.19. The Kier molecular flexibility index (Phi) is 6.19. The maximum Gasteiger partial charge on any atom is 0.230 e. The zero-order valence-electron chi connectivity index (χ0n) is 16.0. The van der Waals surface area contributed by atoms with Crippen molar-refractivity contribution in [2.24, 2.45) is 0 Å². The van der Waals surface area contributed by atoms with E-state index in [1.54, 1.807) is 35.6 Å². The predicted molar refractivity (Wildman–Crippen MR) is 114 cm³/mol. The summed E-state index contributed by atoms with van der Waals surface area (Å²) in [5, 5.41) is 15.0. The van der Waals surface area contributed by atoms with Crippen molar-refractivity contribution in [3.8, 4) is 16.3 Å². The molecule has 0 atom stereocenters. The molecule has 0 saturated carbocycles. The summed E-state index contributed by atoms with van der Waals surface area (Å²) in [7, 11) is 0. The standard InChI is InChI=1S/C22H23N3O3S/c26-20-7-5-18(6-8-20)23-21(27)13-19-15-29-22(24-19)17-3-1-16(2-4-17)14-25-9-11-28-12-10-25/h1-8,15,26H,9-14H2,(H,23,27). The van der Waals surface area contributed by atoms with Crippen LogP contribution in [0.15, 0.2) is 53.9 Å². The summed E-state index contributed by atoms with van der Waals surface area (Å²) in [5.74, 6) is 0.0384. The summed E-state index contributed by atoms with van der Waals surface area (Å²) in [6.45, 7) is 4.50. The van der Waals surface area contributed by atoms with Crippen LogP contribution in [-0.2, 0) is 22.5 Å². The number of hydrogen-bond acceptors (Lipinski definition) is 6. The fourth-order valence-corrected chi connectivity index (χ4v) is 4.03. The van der Waals surface area contributed by atoms with Crippen LogP contribution in [0.4, 0.5) is 5.69 Å². The summed E-state index contributed by atoms with van der Waals surface area (Å²) in [5.41, 5.74) is 3.74. The van der Waals surface area contributed by atoms with Gasteiger partial charge in [0.15, 0.2) is 0 Å². The first-order valence-corrected chi connectivity index (χ1v) is 10.5. The third-order valence-electron chi connectivity index (χ3n) is 4.76. The van der Waals surface area contributed by atoms with Crippen LogP contribution in [0.25, 0.3) is 10.6 Å². The Morgan fingerprint density at radius 2 is 1.83 bits per heavy atom. The number of anilines is 1. The molecule has 1 amide bonds. The highest BCUT2D eigenvalue weighted by Crippen LogP contribution is 2.25. The molecule has 2 N–H and O–H groups in total. The second-order valence-electron chi connectivity index (χ2n) is 7.00. The molecule has 2 heterocycles. The molecular formula is C22H23N3O3S. The van der Waals surface area contributed by atoms with E-state index in [9.17, 15) is 9.90 Å². The van der Waals surface area contributed by atoms with E-state index in [1.165, 1.54) is 5.56 Å². The molecule has 150 valence electrons. The lowest BCUT2D eigenvalue weighted by Crippen LogP contribution is -2.35. The van der Waals surface area contributed by atoms with E-state index < -0.39 is 0 Å². The molecule has 1 aliphatic heterocycles. The number of thiazole rings is 1. The van der Waals surface area contributed by atoms with Crippen LogP contribution in [0.2, 0.25) is 0 Å².